The molecule has 0 bridgehead atoms. The van der Waals surface area contributed by atoms with E-state index in [1.165, 1.54) is 39.9 Å². The number of nitrogens with zero attached hydrogens (tertiary/aromatic N) is 4. The van der Waals surface area contributed by atoms with Crippen LogP contribution in [-0.4, -0.2) is 41.2 Å². The minimum atomic E-state index is -3.74. The van der Waals surface area contributed by atoms with Gasteiger partial charge in [0.05, 0.1) is 25.4 Å². The van der Waals surface area contributed by atoms with E-state index in [4.69, 9.17) is 11.6 Å². The third kappa shape index (κ3) is 4.80. The summed E-state index contributed by atoms with van der Waals surface area (Å²) in [6.45, 7) is 4.40. The molecule has 1 amide bonds. The van der Waals surface area contributed by atoms with E-state index in [1.54, 1.807) is 16.7 Å². The molecule has 3 aromatic rings. The summed E-state index contributed by atoms with van der Waals surface area (Å²) in [5.41, 5.74) is 0.529. The topological polar surface area (TPSA) is 115 Å². The largest absolute Gasteiger partial charge is 0.312 e. The highest BCUT2D eigenvalue weighted by Gasteiger charge is 2.34. The molecule has 2 aromatic heterocycles. The molecule has 33 heavy (non-hydrogen) atoms. The van der Waals surface area contributed by atoms with Crippen molar-refractivity contribution in [2.24, 2.45) is 10.9 Å². The highest BCUT2D eigenvalue weighted by Crippen LogP contribution is 2.31. The lowest BCUT2D eigenvalue weighted by atomic mass is 9.99. The van der Waals surface area contributed by atoms with Crippen LogP contribution in [0.4, 0.5) is 5.69 Å². The van der Waals surface area contributed by atoms with E-state index in [0.717, 1.165) is 16.0 Å². The maximum Gasteiger partial charge on any atom is 0.271 e. The summed E-state index contributed by atoms with van der Waals surface area (Å²) in [5.74, 6) is -1.00. The molecule has 13 heteroatoms. The van der Waals surface area contributed by atoms with Gasteiger partial charge in [-0.05, 0) is 31.0 Å². The zero-order valence-corrected chi connectivity index (χ0v) is 20.4. The Labute approximate surface area is 202 Å². The zero-order chi connectivity index (χ0) is 23.8. The fourth-order valence-corrected chi connectivity index (χ4v) is 7.86. The second kappa shape index (κ2) is 9.47. The van der Waals surface area contributed by atoms with Crippen LogP contribution in [0.15, 0.2) is 52.2 Å². The molecule has 3 heterocycles. The van der Waals surface area contributed by atoms with Gasteiger partial charge < -0.3 is 4.57 Å². The Hall–Kier alpha value is -2.38. The van der Waals surface area contributed by atoms with Crippen LogP contribution in [-0.2, 0) is 21.4 Å². The standard InChI is InChI=1S/C20H19ClN4O5S3/c1-2-9-24-15-11-14(25(27)28)5-6-16(15)31-20(24)22-19(26)13-4-3-10-23(12-13)33(29,30)18-8-7-17(21)32-18/h2,5-8,11,13H,1,3-4,9-10,12H2. The van der Waals surface area contributed by atoms with Crippen molar-refractivity contribution in [3.63, 3.8) is 0 Å². The number of amides is 1. The van der Waals surface area contributed by atoms with Crippen molar-refractivity contribution >= 4 is 66.1 Å². The predicted octanol–water partition coefficient (Wildman–Crippen LogP) is 4.04. The molecular formula is C20H19ClN4O5S3. The highest BCUT2D eigenvalue weighted by atomic mass is 35.5. The van der Waals surface area contributed by atoms with Gasteiger partial charge in [-0.3, -0.25) is 14.9 Å². The Balaban J connectivity index is 1.65. The number of sulfonamides is 1. The van der Waals surface area contributed by atoms with Crippen LogP contribution in [0.25, 0.3) is 10.2 Å². The maximum atomic E-state index is 13.0. The summed E-state index contributed by atoms with van der Waals surface area (Å²) in [4.78, 5) is 28.4. The van der Waals surface area contributed by atoms with Gasteiger partial charge in [0.15, 0.2) is 4.80 Å². The lowest BCUT2D eigenvalue weighted by Gasteiger charge is -2.29. The SMILES string of the molecule is C=CCn1c(=NC(=O)C2CCCN(S(=O)(=O)c3ccc(Cl)s3)C2)sc2ccc([N+](=O)[O-])cc21. The third-order valence-corrected chi connectivity index (χ3v) is 9.89. The molecule has 1 aromatic carbocycles. The number of nitro groups is 1. The van der Waals surface area contributed by atoms with Crippen LogP contribution >= 0.6 is 34.3 Å². The van der Waals surface area contributed by atoms with Crippen molar-refractivity contribution in [2.75, 3.05) is 13.1 Å². The summed E-state index contributed by atoms with van der Waals surface area (Å²) < 4.78 is 30.2. The van der Waals surface area contributed by atoms with Crippen molar-refractivity contribution in [1.82, 2.24) is 8.87 Å². The number of carbonyl (C=O) groups excluding carboxylic acids is 1. The van der Waals surface area contributed by atoms with Crippen molar-refractivity contribution in [2.45, 2.75) is 23.6 Å². The number of halogens is 1. The molecule has 1 unspecified atom stereocenters. The Morgan fingerprint density at radius 3 is 2.79 bits per heavy atom. The van der Waals surface area contributed by atoms with Crippen LogP contribution in [0.2, 0.25) is 4.34 Å². The van der Waals surface area contributed by atoms with Gasteiger partial charge in [-0.25, -0.2) is 8.42 Å². The number of thiophene rings is 1. The third-order valence-electron chi connectivity index (χ3n) is 5.27. The summed E-state index contributed by atoms with van der Waals surface area (Å²) in [6, 6.07) is 7.48. The fraction of sp³-hybridized carbons (Fsp3) is 0.300. The van der Waals surface area contributed by atoms with Crippen LogP contribution in [0.5, 0.6) is 0 Å². The van der Waals surface area contributed by atoms with Gasteiger partial charge in [0.25, 0.3) is 21.6 Å². The summed E-state index contributed by atoms with van der Waals surface area (Å²) in [6.07, 6.45) is 2.68. The molecule has 0 saturated carbocycles. The van der Waals surface area contributed by atoms with Crippen molar-refractivity contribution < 1.29 is 18.1 Å². The first-order chi connectivity index (χ1) is 15.7. The van der Waals surface area contributed by atoms with E-state index in [2.05, 4.69) is 11.6 Å². The Morgan fingerprint density at radius 1 is 1.33 bits per heavy atom. The van der Waals surface area contributed by atoms with E-state index in [9.17, 15) is 23.3 Å². The molecule has 1 aliphatic rings. The number of thiazole rings is 1. The molecule has 0 radical (unpaired) electrons. The Bertz CT molecular complexity index is 1420. The van der Waals surface area contributed by atoms with E-state index >= 15 is 0 Å². The predicted molar refractivity (Wildman–Crippen MR) is 128 cm³/mol. The number of non-ortho nitro benzene ring substituents is 1. The quantitative estimate of drug-likeness (QED) is 0.273. The van der Waals surface area contributed by atoms with Crippen molar-refractivity contribution in [1.29, 1.82) is 0 Å². The van der Waals surface area contributed by atoms with Crippen LogP contribution in [0.1, 0.15) is 12.8 Å². The second-order valence-electron chi connectivity index (χ2n) is 7.40. The molecule has 0 aliphatic carbocycles. The smallest absolute Gasteiger partial charge is 0.271 e. The Morgan fingerprint density at radius 2 is 2.12 bits per heavy atom. The van der Waals surface area contributed by atoms with Gasteiger partial charge >= 0.3 is 0 Å². The molecule has 4 rings (SSSR count). The van der Waals surface area contributed by atoms with E-state index in [0.29, 0.717) is 40.6 Å². The lowest BCUT2D eigenvalue weighted by Crippen LogP contribution is -2.42. The molecule has 9 nitrogen and oxygen atoms in total. The number of benzene rings is 1. The van der Waals surface area contributed by atoms with Gasteiger partial charge in [-0.2, -0.15) is 9.30 Å². The number of allylic oxidation sites excluding steroid dienone is 1. The number of hydrogen-bond donors (Lipinski definition) is 0. The van der Waals surface area contributed by atoms with Gasteiger partial charge in [0, 0.05) is 31.8 Å². The molecule has 1 aliphatic heterocycles. The fourth-order valence-electron chi connectivity index (χ4n) is 3.67. The van der Waals surface area contributed by atoms with Gasteiger partial charge in [0.2, 0.25) is 0 Å². The average Bonchev–Trinajstić information content (AvgIpc) is 3.38. The molecular weight excluding hydrogens is 508 g/mol. The number of aromatic nitrogens is 1. The molecule has 0 N–H and O–H groups in total. The Kier molecular flexibility index (Phi) is 6.82. The van der Waals surface area contributed by atoms with E-state index in [-0.39, 0.29) is 16.4 Å². The lowest BCUT2D eigenvalue weighted by molar-refractivity contribution is -0.384. The monoisotopic (exact) mass is 526 g/mol. The minimum absolute atomic E-state index is 0.0397. The van der Waals surface area contributed by atoms with Gasteiger partial charge in [-0.1, -0.05) is 29.0 Å². The number of carbonyl (C=O) groups is 1. The van der Waals surface area contributed by atoms with Gasteiger partial charge in [-0.15, -0.1) is 17.9 Å². The van der Waals surface area contributed by atoms with Crippen molar-refractivity contribution in [3.8, 4) is 0 Å². The molecule has 1 atom stereocenters. The molecule has 0 spiro atoms. The number of nitro benzene ring substituents is 1. The first-order valence-corrected chi connectivity index (χ1v) is 13.4. The van der Waals surface area contributed by atoms with Crippen molar-refractivity contribution in [3.05, 3.63) is 62.2 Å². The second-order valence-corrected chi connectivity index (χ2v) is 12.3. The normalized spacial score (nSPS) is 18.0. The van der Waals surface area contributed by atoms with Crippen LogP contribution < -0.4 is 4.80 Å². The maximum absolute atomic E-state index is 13.0. The average molecular weight is 527 g/mol. The summed E-state index contributed by atoms with van der Waals surface area (Å²) in [7, 11) is -3.74. The zero-order valence-electron chi connectivity index (χ0n) is 17.2. The van der Waals surface area contributed by atoms with Crippen LogP contribution in [0.3, 0.4) is 0 Å². The first kappa shape index (κ1) is 23.8. The summed E-state index contributed by atoms with van der Waals surface area (Å²) in [5, 5.41) is 11.2. The van der Waals surface area contributed by atoms with Gasteiger partial charge in [0.1, 0.15) is 4.21 Å². The number of fused-ring (bicyclic) bond motifs is 1. The molecule has 1 saturated heterocycles. The number of piperidine rings is 1. The minimum Gasteiger partial charge on any atom is -0.312 e. The van der Waals surface area contributed by atoms with E-state index in [1.807, 2.05) is 0 Å². The highest BCUT2D eigenvalue weighted by molar-refractivity contribution is 7.91. The van der Waals surface area contributed by atoms with Crippen LogP contribution in [0, 0.1) is 16.0 Å². The molecule has 1 fully saturated rings. The number of rotatable bonds is 6. The molecule has 174 valence electrons. The summed E-state index contributed by atoms with van der Waals surface area (Å²) >= 11 is 8.12. The first-order valence-electron chi connectivity index (χ1n) is 9.93. The number of hydrogen-bond acceptors (Lipinski definition) is 7. The van der Waals surface area contributed by atoms with E-state index < -0.39 is 26.8 Å².